The van der Waals surface area contributed by atoms with Gasteiger partial charge in [-0.1, -0.05) is 0 Å². The number of pyridine rings is 1. The van der Waals surface area contributed by atoms with Crippen LogP contribution in [0.4, 0.5) is 4.39 Å². The highest BCUT2D eigenvalue weighted by molar-refractivity contribution is 5.94. The molecule has 15 heavy (non-hydrogen) atoms. The molecule has 1 aliphatic rings. The number of carbonyl (C=O) groups excluding carboxylic acids is 1. The Balaban J connectivity index is 2.04. The Hall–Kier alpha value is -1.49. The van der Waals surface area contributed by atoms with Gasteiger partial charge in [-0.15, -0.1) is 0 Å². The summed E-state index contributed by atoms with van der Waals surface area (Å²) in [5.74, 6) is -1.01. The first-order valence-corrected chi connectivity index (χ1v) is 4.75. The summed E-state index contributed by atoms with van der Waals surface area (Å²) in [6.07, 6.45) is 3.20. The number of ether oxygens (including phenoxy) is 1. The van der Waals surface area contributed by atoms with Crippen molar-refractivity contribution >= 4 is 5.91 Å². The quantitative estimate of drug-likeness (QED) is 0.783. The Morgan fingerprint density at radius 1 is 1.67 bits per heavy atom. The van der Waals surface area contributed by atoms with Crippen molar-refractivity contribution in [1.29, 1.82) is 0 Å². The minimum absolute atomic E-state index is 0.00920. The Morgan fingerprint density at radius 2 is 2.53 bits per heavy atom. The normalized spacial score (nSPS) is 20.2. The summed E-state index contributed by atoms with van der Waals surface area (Å²) in [5, 5.41) is 2.70. The van der Waals surface area contributed by atoms with Crippen LogP contribution in [-0.4, -0.2) is 30.1 Å². The van der Waals surface area contributed by atoms with Gasteiger partial charge >= 0.3 is 0 Å². The molecule has 1 aliphatic heterocycles. The van der Waals surface area contributed by atoms with Crippen molar-refractivity contribution in [2.24, 2.45) is 0 Å². The fourth-order valence-electron chi connectivity index (χ4n) is 1.47. The van der Waals surface area contributed by atoms with Crippen molar-refractivity contribution < 1.29 is 13.9 Å². The number of rotatable bonds is 2. The van der Waals surface area contributed by atoms with Gasteiger partial charge in [0.1, 0.15) is 0 Å². The summed E-state index contributed by atoms with van der Waals surface area (Å²) >= 11 is 0. The Labute approximate surface area is 86.5 Å². The van der Waals surface area contributed by atoms with Crippen LogP contribution in [0.25, 0.3) is 0 Å². The molecule has 0 spiro atoms. The highest BCUT2D eigenvalue weighted by atomic mass is 19.1. The number of aromatic nitrogens is 1. The van der Waals surface area contributed by atoms with E-state index in [1.165, 1.54) is 12.3 Å². The lowest BCUT2D eigenvalue weighted by Crippen LogP contribution is -2.35. The first-order chi connectivity index (χ1) is 7.27. The van der Waals surface area contributed by atoms with Gasteiger partial charge in [0.05, 0.1) is 24.4 Å². The zero-order chi connectivity index (χ0) is 10.7. The highest BCUT2D eigenvalue weighted by Crippen LogP contribution is 2.07. The topological polar surface area (TPSA) is 51.2 Å². The number of halogens is 1. The maximum atomic E-state index is 13.2. The number of hydrogen-bond acceptors (Lipinski definition) is 3. The summed E-state index contributed by atoms with van der Waals surface area (Å²) in [7, 11) is 0. The Morgan fingerprint density at radius 3 is 3.20 bits per heavy atom. The predicted molar refractivity (Wildman–Crippen MR) is 50.9 cm³/mol. The lowest BCUT2D eigenvalue weighted by atomic mass is 10.2. The Bertz CT molecular complexity index is 364. The molecule has 4 nitrogen and oxygen atoms in total. The van der Waals surface area contributed by atoms with Gasteiger partial charge in [-0.2, -0.15) is 0 Å². The minimum atomic E-state index is -0.603. The summed E-state index contributed by atoms with van der Waals surface area (Å²) < 4.78 is 18.3. The highest BCUT2D eigenvalue weighted by Gasteiger charge is 2.20. The minimum Gasteiger partial charge on any atom is -0.379 e. The van der Waals surface area contributed by atoms with Crippen LogP contribution >= 0.6 is 0 Å². The Kier molecular flexibility index (Phi) is 2.91. The number of amides is 1. The molecular weight excluding hydrogens is 199 g/mol. The van der Waals surface area contributed by atoms with Crippen LogP contribution in [0.5, 0.6) is 0 Å². The average molecular weight is 210 g/mol. The van der Waals surface area contributed by atoms with Crippen LogP contribution < -0.4 is 5.32 Å². The molecule has 1 unspecified atom stereocenters. The van der Waals surface area contributed by atoms with Gasteiger partial charge < -0.3 is 10.1 Å². The molecule has 0 bridgehead atoms. The molecule has 1 amide bonds. The predicted octanol–water partition coefficient (Wildman–Crippen LogP) is 0.739. The van der Waals surface area contributed by atoms with Crippen molar-refractivity contribution in [3.05, 3.63) is 29.8 Å². The van der Waals surface area contributed by atoms with Gasteiger partial charge in [-0.3, -0.25) is 9.78 Å². The van der Waals surface area contributed by atoms with Gasteiger partial charge in [0.25, 0.3) is 5.91 Å². The summed E-state index contributed by atoms with van der Waals surface area (Å²) in [6.45, 7) is 1.14. The third-order valence-corrected chi connectivity index (χ3v) is 2.28. The largest absolute Gasteiger partial charge is 0.379 e. The second kappa shape index (κ2) is 4.35. The zero-order valence-corrected chi connectivity index (χ0v) is 8.07. The van der Waals surface area contributed by atoms with E-state index in [-0.39, 0.29) is 11.6 Å². The summed E-state index contributed by atoms with van der Waals surface area (Å²) in [6, 6.07) is 1.35. The molecule has 1 fully saturated rings. The fraction of sp³-hybridized carbons (Fsp3) is 0.400. The standard InChI is InChI=1S/C10H11FN2O2/c11-9-5-12-3-1-8(9)10(14)13-7-2-4-15-6-7/h1,3,5,7H,2,4,6H2,(H,13,14). The van der Waals surface area contributed by atoms with Crippen molar-refractivity contribution in [3.63, 3.8) is 0 Å². The molecular formula is C10H11FN2O2. The number of nitrogens with one attached hydrogen (secondary N) is 1. The molecule has 0 saturated carbocycles. The van der Waals surface area contributed by atoms with Gasteiger partial charge in [-0.05, 0) is 12.5 Å². The second-order valence-electron chi connectivity index (χ2n) is 3.39. The third kappa shape index (κ3) is 2.30. The molecule has 0 aliphatic carbocycles. The average Bonchev–Trinajstić information content (AvgIpc) is 2.71. The van der Waals surface area contributed by atoms with Crippen molar-refractivity contribution in [2.75, 3.05) is 13.2 Å². The van der Waals surface area contributed by atoms with Gasteiger partial charge in [0, 0.05) is 12.8 Å². The molecule has 1 aromatic heterocycles. The number of carbonyl (C=O) groups is 1. The van der Waals surface area contributed by atoms with Crippen LogP contribution in [0, 0.1) is 5.82 Å². The molecule has 1 atom stereocenters. The summed E-state index contributed by atoms with van der Waals surface area (Å²) in [4.78, 5) is 15.2. The second-order valence-corrected chi connectivity index (χ2v) is 3.39. The van der Waals surface area contributed by atoms with Crippen molar-refractivity contribution in [1.82, 2.24) is 10.3 Å². The van der Waals surface area contributed by atoms with E-state index in [1.807, 2.05) is 0 Å². The monoisotopic (exact) mass is 210 g/mol. The zero-order valence-electron chi connectivity index (χ0n) is 8.07. The van der Waals surface area contributed by atoms with Crippen molar-refractivity contribution in [2.45, 2.75) is 12.5 Å². The van der Waals surface area contributed by atoms with E-state index >= 15 is 0 Å². The lowest BCUT2D eigenvalue weighted by Gasteiger charge is -2.10. The van der Waals surface area contributed by atoms with E-state index < -0.39 is 11.7 Å². The van der Waals surface area contributed by atoms with E-state index in [4.69, 9.17) is 4.74 Å². The maximum absolute atomic E-state index is 13.2. The van der Waals surface area contributed by atoms with Gasteiger partial charge in [0.15, 0.2) is 5.82 Å². The van der Waals surface area contributed by atoms with E-state index in [2.05, 4.69) is 10.3 Å². The SMILES string of the molecule is O=C(NC1CCOC1)c1ccncc1F. The molecule has 5 heteroatoms. The fourth-order valence-corrected chi connectivity index (χ4v) is 1.47. The number of hydrogen-bond donors (Lipinski definition) is 1. The van der Waals surface area contributed by atoms with Crippen LogP contribution in [0.15, 0.2) is 18.5 Å². The van der Waals surface area contributed by atoms with Crippen molar-refractivity contribution in [3.8, 4) is 0 Å². The number of nitrogens with zero attached hydrogens (tertiary/aromatic N) is 1. The molecule has 1 saturated heterocycles. The van der Waals surface area contributed by atoms with E-state index in [0.717, 1.165) is 12.6 Å². The summed E-state index contributed by atoms with van der Waals surface area (Å²) in [5.41, 5.74) is 0.0249. The molecule has 2 rings (SSSR count). The molecule has 1 aromatic rings. The van der Waals surface area contributed by atoms with E-state index in [9.17, 15) is 9.18 Å². The van der Waals surface area contributed by atoms with E-state index in [0.29, 0.717) is 13.2 Å². The van der Waals surface area contributed by atoms with Crippen LogP contribution in [0.1, 0.15) is 16.8 Å². The maximum Gasteiger partial charge on any atom is 0.254 e. The molecule has 0 radical (unpaired) electrons. The van der Waals surface area contributed by atoms with Gasteiger partial charge in [-0.25, -0.2) is 4.39 Å². The molecule has 80 valence electrons. The third-order valence-electron chi connectivity index (χ3n) is 2.28. The lowest BCUT2D eigenvalue weighted by molar-refractivity contribution is 0.0925. The first kappa shape index (κ1) is 10.0. The van der Waals surface area contributed by atoms with Gasteiger partial charge in [0.2, 0.25) is 0 Å². The van der Waals surface area contributed by atoms with Crippen LogP contribution in [-0.2, 0) is 4.74 Å². The molecule has 0 aromatic carbocycles. The van der Waals surface area contributed by atoms with Crippen LogP contribution in [0.3, 0.4) is 0 Å². The molecule has 1 N–H and O–H groups in total. The molecule has 2 heterocycles. The first-order valence-electron chi connectivity index (χ1n) is 4.75. The smallest absolute Gasteiger partial charge is 0.254 e. The van der Waals surface area contributed by atoms with E-state index in [1.54, 1.807) is 0 Å². The van der Waals surface area contributed by atoms with Crippen LogP contribution in [0.2, 0.25) is 0 Å².